The van der Waals surface area contributed by atoms with Crippen molar-refractivity contribution in [2.75, 3.05) is 18.5 Å². The zero-order valence-electron chi connectivity index (χ0n) is 11.7. The second kappa shape index (κ2) is 5.53. The summed E-state index contributed by atoms with van der Waals surface area (Å²) in [5, 5.41) is 3.25. The van der Waals surface area contributed by atoms with Crippen molar-refractivity contribution in [3.05, 3.63) is 35.5 Å². The van der Waals surface area contributed by atoms with Crippen LogP contribution in [0.3, 0.4) is 0 Å². The van der Waals surface area contributed by atoms with Gasteiger partial charge in [0, 0.05) is 30.4 Å². The van der Waals surface area contributed by atoms with E-state index in [9.17, 15) is 0 Å². The summed E-state index contributed by atoms with van der Waals surface area (Å²) in [5.74, 6) is 1.14. The van der Waals surface area contributed by atoms with Crippen LogP contribution >= 0.6 is 0 Å². The van der Waals surface area contributed by atoms with Gasteiger partial charge in [-0.1, -0.05) is 6.08 Å². The summed E-state index contributed by atoms with van der Waals surface area (Å²) in [6, 6.07) is 2.82. The first-order chi connectivity index (χ1) is 8.67. The van der Waals surface area contributed by atoms with Gasteiger partial charge in [0.1, 0.15) is 5.82 Å². The third kappa shape index (κ3) is 2.72. The SMILES string of the molecule is C=CCN(c1nc(C)cc(C)c1CNC)C1CC1. The van der Waals surface area contributed by atoms with Crippen molar-refractivity contribution >= 4 is 5.82 Å². The summed E-state index contributed by atoms with van der Waals surface area (Å²) in [4.78, 5) is 7.17. The van der Waals surface area contributed by atoms with Crippen molar-refractivity contribution in [2.24, 2.45) is 0 Å². The molecule has 1 saturated carbocycles. The molecule has 0 spiro atoms. The van der Waals surface area contributed by atoms with E-state index in [2.05, 4.69) is 36.7 Å². The summed E-state index contributed by atoms with van der Waals surface area (Å²) < 4.78 is 0. The lowest BCUT2D eigenvalue weighted by Crippen LogP contribution is -2.29. The van der Waals surface area contributed by atoms with Gasteiger partial charge in [0.15, 0.2) is 0 Å². The highest BCUT2D eigenvalue weighted by Gasteiger charge is 2.30. The number of aromatic nitrogens is 1. The molecule has 1 aliphatic carbocycles. The molecule has 1 aromatic heterocycles. The van der Waals surface area contributed by atoms with Crippen molar-refractivity contribution in [2.45, 2.75) is 39.3 Å². The summed E-state index contributed by atoms with van der Waals surface area (Å²) in [6.07, 6.45) is 4.53. The molecular formula is C15H23N3. The minimum Gasteiger partial charge on any atom is -0.350 e. The molecule has 0 saturated heterocycles. The van der Waals surface area contributed by atoms with Gasteiger partial charge in [-0.25, -0.2) is 4.98 Å². The molecule has 0 amide bonds. The van der Waals surface area contributed by atoms with Gasteiger partial charge in [-0.2, -0.15) is 0 Å². The molecule has 0 aromatic carbocycles. The lowest BCUT2D eigenvalue weighted by molar-refractivity contribution is 0.772. The molecule has 1 N–H and O–H groups in total. The van der Waals surface area contributed by atoms with Crippen LogP contribution in [0.4, 0.5) is 5.82 Å². The number of hydrogen-bond donors (Lipinski definition) is 1. The van der Waals surface area contributed by atoms with Gasteiger partial charge in [0.2, 0.25) is 0 Å². The van der Waals surface area contributed by atoms with Gasteiger partial charge >= 0.3 is 0 Å². The summed E-state index contributed by atoms with van der Waals surface area (Å²) in [5.41, 5.74) is 3.73. The quantitative estimate of drug-likeness (QED) is 0.781. The van der Waals surface area contributed by atoms with Gasteiger partial charge < -0.3 is 10.2 Å². The molecule has 3 nitrogen and oxygen atoms in total. The minimum absolute atomic E-state index is 0.660. The van der Waals surface area contributed by atoms with Gasteiger partial charge in [0.05, 0.1) is 0 Å². The number of pyridine rings is 1. The van der Waals surface area contributed by atoms with Gasteiger partial charge in [-0.05, 0) is 45.4 Å². The van der Waals surface area contributed by atoms with E-state index < -0.39 is 0 Å². The molecule has 0 unspecified atom stereocenters. The Kier molecular flexibility index (Phi) is 4.02. The molecule has 98 valence electrons. The molecule has 3 heteroatoms. The predicted molar refractivity (Wildman–Crippen MR) is 77.0 cm³/mol. The zero-order valence-corrected chi connectivity index (χ0v) is 11.7. The second-order valence-electron chi connectivity index (χ2n) is 5.09. The van der Waals surface area contributed by atoms with E-state index in [1.807, 2.05) is 13.1 Å². The third-order valence-electron chi connectivity index (χ3n) is 3.39. The van der Waals surface area contributed by atoms with Gasteiger partial charge in [0.25, 0.3) is 0 Å². The Hall–Kier alpha value is -1.35. The van der Waals surface area contributed by atoms with Crippen LogP contribution in [0.15, 0.2) is 18.7 Å². The van der Waals surface area contributed by atoms with Crippen LogP contribution in [-0.4, -0.2) is 24.6 Å². The second-order valence-corrected chi connectivity index (χ2v) is 5.09. The number of hydrogen-bond acceptors (Lipinski definition) is 3. The summed E-state index contributed by atoms with van der Waals surface area (Å²) in [7, 11) is 1.98. The number of nitrogens with one attached hydrogen (secondary N) is 1. The summed E-state index contributed by atoms with van der Waals surface area (Å²) >= 11 is 0. The Bertz CT molecular complexity index is 436. The van der Waals surface area contributed by atoms with Crippen LogP contribution < -0.4 is 10.2 Å². The molecule has 1 heterocycles. The van der Waals surface area contributed by atoms with Crippen molar-refractivity contribution in [1.29, 1.82) is 0 Å². The first-order valence-corrected chi connectivity index (χ1v) is 6.66. The molecule has 2 rings (SSSR count). The molecular weight excluding hydrogens is 222 g/mol. The smallest absolute Gasteiger partial charge is 0.134 e. The minimum atomic E-state index is 0.660. The van der Waals surface area contributed by atoms with Crippen molar-refractivity contribution in [3.63, 3.8) is 0 Å². The van der Waals surface area contributed by atoms with Crippen LogP contribution in [0.25, 0.3) is 0 Å². The summed E-state index contributed by atoms with van der Waals surface area (Å²) in [6.45, 7) is 9.87. The van der Waals surface area contributed by atoms with E-state index >= 15 is 0 Å². The van der Waals surface area contributed by atoms with Crippen molar-refractivity contribution in [3.8, 4) is 0 Å². The number of rotatable bonds is 6. The maximum atomic E-state index is 4.77. The topological polar surface area (TPSA) is 28.2 Å². The highest BCUT2D eigenvalue weighted by atomic mass is 15.2. The van der Waals surface area contributed by atoms with E-state index in [0.717, 1.165) is 24.6 Å². The molecule has 0 aliphatic heterocycles. The molecule has 1 aromatic rings. The normalized spacial score (nSPS) is 14.6. The van der Waals surface area contributed by atoms with Crippen LogP contribution in [0.5, 0.6) is 0 Å². The maximum absolute atomic E-state index is 4.77. The number of aryl methyl sites for hydroxylation is 2. The zero-order chi connectivity index (χ0) is 13.1. The van der Waals surface area contributed by atoms with Crippen LogP contribution in [-0.2, 0) is 6.54 Å². The fraction of sp³-hybridized carbons (Fsp3) is 0.533. The van der Waals surface area contributed by atoms with E-state index in [-0.39, 0.29) is 0 Å². The van der Waals surface area contributed by atoms with E-state index in [0.29, 0.717) is 6.04 Å². The Labute approximate surface area is 110 Å². The Balaban J connectivity index is 2.41. The van der Waals surface area contributed by atoms with Crippen LogP contribution in [0, 0.1) is 13.8 Å². The molecule has 0 atom stereocenters. The molecule has 0 bridgehead atoms. The number of nitrogens with zero attached hydrogens (tertiary/aromatic N) is 2. The molecule has 1 aliphatic rings. The Morgan fingerprint density at radius 2 is 2.22 bits per heavy atom. The highest BCUT2D eigenvalue weighted by Crippen LogP contribution is 2.33. The van der Waals surface area contributed by atoms with Crippen molar-refractivity contribution in [1.82, 2.24) is 10.3 Å². The third-order valence-corrected chi connectivity index (χ3v) is 3.39. The van der Waals surface area contributed by atoms with Crippen LogP contribution in [0.1, 0.15) is 29.7 Å². The largest absolute Gasteiger partial charge is 0.350 e. The first-order valence-electron chi connectivity index (χ1n) is 6.66. The fourth-order valence-electron chi connectivity index (χ4n) is 2.41. The van der Waals surface area contributed by atoms with E-state index in [1.54, 1.807) is 0 Å². The Morgan fingerprint density at radius 1 is 1.50 bits per heavy atom. The lowest BCUT2D eigenvalue weighted by atomic mass is 10.1. The molecule has 0 radical (unpaired) electrons. The Morgan fingerprint density at radius 3 is 2.78 bits per heavy atom. The molecule has 1 fully saturated rings. The average molecular weight is 245 g/mol. The fourth-order valence-corrected chi connectivity index (χ4v) is 2.41. The standard InChI is InChI=1S/C15H23N3/c1-5-8-18(13-6-7-13)15-14(10-16-4)11(2)9-12(3)17-15/h5,9,13,16H,1,6-8,10H2,2-4H3. The monoisotopic (exact) mass is 245 g/mol. The van der Waals surface area contributed by atoms with E-state index in [1.165, 1.54) is 24.0 Å². The van der Waals surface area contributed by atoms with E-state index in [4.69, 9.17) is 4.98 Å². The van der Waals surface area contributed by atoms with Gasteiger partial charge in [-0.15, -0.1) is 6.58 Å². The average Bonchev–Trinajstić information content (AvgIpc) is 3.13. The van der Waals surface area contributed by atoms with Crippen LogP contribution in [0.2, 0.25) is 0 Å². The highest BCUT2D eigenvalue weighted by molar-refractivity contribution is 5.53. The van der Waals surface area contributed by atoms with Crippen molar-refractivity contribution < 1.29 is 0 Å². The molecule has 18 heavy (non-hydrogen) atoms. The maximum Gasteiger partial charge on any atom is 0.134 e. The predicted octanol–water partition coefficient (Wildman–Crippen LogP) is 2.57. The lowest BCUT2D eigenvalue weighted by Gasteiger charge is -2.26. The first kappa shape index (κ1) is 13.1. The number of anilines is 1. The van der Waals surface area contributed by atoms with Gasteiger partial charge in [-0.3, -0.25) is 0 Å².